The fourth-order valence-electron chi connectivity index (χ4n) is 1.60. The highest BCUT2D eigenvalue weighted by atomic mass is 16.3. The number of aliphatic hydroxyl groups excluding tert-OH is 1. The molecule has 96 valence electrons. The summed E-state index contributed by atoms with van der Waals surface area (Å²) in [5, 5.41) is 12.8. The van der Waals surface area contributed by atoms with Gasteiger partial charge in [0, 0.05) is 26.2 Å². The first-order valence-corrected chi connectivity index (χ1v) is 5.68. The summed E-state index contributed by atoms with van der Waals surface area (Å²) in [6.07, 6.45) is 2.04. The second-order valence-electron chi connectivity index (χ2n) is 4.24. The molecule has 0 aromatic carbocycles. The van der Waals surface area contributed by atoms with E-state index in [0.717, 1.165) is 0 Å². The third-order valence-electron chi connectivity index (χ3n) is 2.66. The molecule has 0 saturated carbocycles. The van der Waals surface area contributed by atoms with E-state index in [1.54, 1.807) is 11.9 Å². The lowest BCUT2D eigenvalue weighted by atomic mass is 10.2. The summed E-state index contributed by atoms with van der Waals surface area (Å²) in [6, 6.07) is 0.0636. The van der Waals surface area contributed by atoms with Gasteiger partial charge in [0.2, 0.25) is 0 Å². The standard InChI is InChI=1S/C11H20N4O2/c1-8(2)15(5-4-6-16)11(17)9-7-13-14(3)10(9)12/h7-8,16H,4-6,12H2,1-3H3. The van der Waals surface area contributed by atoms with Gasteiger partial charge in [-0.2, -0.15) is 5.10 Å². The Bertz CT molecular complexity index is 387. The molecule has 0 aliphatic heterocycles. The molecular formula is C11H20N4O2. The van der Waals surface area contributed by atoms with Gasteiger partial charge < -0.3 is 15.7 Å². The van der Waals surface area contributed by atoms with Crippen molar-refractivity contribution in [3.05, 3.63) is 11.8 Å². The van der Waals surface area contributed by atoms with Crippen molar-refractivity contribution in [2.75, 3.05) is 18.9 Å². The smallest absolute Gasteiger partial charge is 0.259 e. The minimum Gasteiger partial charge on any atom is -0.396 e. The third kappa shape index (κ3) is 2.97. The number of anilines is 1. The Morgan fingerprint density at radius 1 is 1.65 bits per heavy atom. The lowest BCUT2D eigenvalue weighted by molar-refractivity contribution is 0.0694. The number of carbonyl (C=O) groups excluding carboxylic acids is 1. The molecule has 0 aliphatic rings. The van der Waals surface area contributed by atoms with Crippen molar-refractivity contribution in [1.82, 2.24) is 14.7 Å². The van der Waals surface area contributed by atoms with Crippen LogP contribution in [0.4, 0.5) is 5.82 Å². The monoisotopic (exact) mass is 240 g/mol. The van der Waals surface area contributed by atoms with E-state index in [9.17, 15) is 4.79 Å². The van der Waals surface area contributed by atoms with Crippen molar-refractivity contribution in [3.8, 4) is 0 Å². The summed E-state index contributed by atoms with van der Waals surface area (Å²) in [4.78, 5) is 13.9. The van der Waals surface area contributed by atoms with E-state index in [2.05, 4.69) is 5.10 Å². The topological polar surface area (TPSA) is 84.4 Å². The lowest BCUT2D eigenvalue weighted by Crippen LogP contribution is -2.38. The number of rotatable bonds is 5. The third-order valence-corrected chi connectivity index (χ3v) is 2.66. The van der Waals surface area contributed by atoms with E-state index < -0.39 is 0 Å². The van der Waals surface area contributed by atoms with Gasteiger partial charge in [0.25, 0.3) is 5.91 Å². The van der Waals surface area contributed by atoms with Crippen LogP contribution in [-0.4, -0.2) is 44.9 Å². The van der Waals surface area contributed by atoms with Crippen LogP contribution < -0.4 is 5.73 Å². The number of hydrogen-bond donors (Lipinski definition) is 2. The van der Waals surface area contributed by atoms with Crippen LogP contribution in [0.2, 0.25) is 0 Å². The molecule has 17 heavy (non-hydrogen) atoms. The largest absolute Gasteiger partial charge is 0.396 e. The molecular weight excluding hydrogens is 220 g/mol. The molecule has 1 aromatic heterocycles. The van der Waals surface area contributed by atoms with Crippen LogP contribution in [0.15, 0.2) is 6.20 Å². The molecule has 3 N–H and O–H groups in total. The van der Waals surface area contributed by atoms with Crippen LogP contribution in [0, 0.1) is 0 Å². The van der Waals surface area contributed by atoms with Crippen LogP contribution >= 0.6 is 0 Å². The summed E-state index contributed by atoms with van der Waals surface area (Å²) in [5.74, 6) is 0.226. The highest BCUT2D eigenvalue weighted by molar-refractivity contribution is 5.98. The van der Waals surface area contributed by atoms with E-state index in [1.807, 2.05) is 13.8 Å². The van der Waals surface area contributed by atoms with Gasteiger partial charge in [-0.1, -0.05) is 0 Å². The quantitative estimate of drug-likeness (QED) is 0.772. The second kappa shape index (κ2) is 5.67. The van der Waals surface area contributed by atoms with Gasteiger partial charge >= 0.3 is 0 Å². The number of carbonyl (C=O) groups is 1. The van der Waals surface area contributed by atoms with Gasteiger partial charge in [-0.05, 0) is 20.3 Å². The molecule has 1 amide bonds. The molecule has 6 nitrogen and oxygen atoms in total. The van der Waals surface area contributed by atoms with Crippen molar-refractivity contribution in [1.29, 1.82) is 0 Å². The van der Waals surface area contributed by atoms with E-state index in [0.29, 0.717) is 24.3 Å². The molecule has 1 aromatic rings. The Morgan fingerprint density at radius 2 is 2.29 bits per heavy atom. The maximum absolute atomic E-state index is 12.2. The second-order valence-corrected chi connectivity index (χ2v) is 4.24. The molecule has 0 radical (unpaired) electrons. The van der Waals surface area contributed by atoms with Crippen LogP contribution in [0.1, 0.15) is 30.6 Å². The zero-order valence-electron chi connectivity index (χ0n) is 10.6. The highest BCUT2D eigenvalue weighted by Gasteiger charge is 2.22. The molecule has 0 saturated heterocycles. The summed E-state index contributed by atoms with van der Waals surface area (Å²) in [7, 11) is 1.69. The van der Waals surface area contributed by atoms with Crippen LogP contribution in [0.5, 0.6) is 0 Å². The van der Waals surface area contributed by atoms with Gasteiger partial charge in [-0.25, -0.2) is 0 Å². The summed E-state index contributed by atoms with van der Waals surface area (Å²) < 4.78 is 1.47. The van der Waals surface area contributed by atoms with E-state index in [-0.39, 0.29) is 18.6 Å². The molecule has 0 spiro atoms. The zero-order valence-corrected chi connectivity index (χ0v) is 10.6. The van der Waals surface area contributed by atoms with E-state index in [4.69, 9.17) is 10.8 Å². The SMILES string of the molecule is CC(C)N(CCCO)C(=O)c1cnn(C)c1N. The average Bonchev–Trinajstić information content (AvgIpc) is 2.59. The number of aromatic nitrogens is 2. The minimum atomic E-state index is -0.140. The normalized spacial score (nSPS) is 10.9. The maximum atomic E-state index is 12.2. The van der Waals surface area contributed by atoms with Gasteiger partial charge in [0.1, 0.15) is 11.4 Å². The fraction of sp³-hybridized carbons (Fsp3) is 0.636. The molecule has 1 heterocycles. The number of aliphatic hydroxyl groups is 1. The molecule has 0 bridgehead atoms. The minimum absolute atomic E-state index is 0.0636. The van der Waals surface area contributed by atoms with Gasteiger partial charge in [-0.3, -0.25) is 9.48 Å². The molecule has 0 aliphatic carbocycles. The van der Waals surface area contributed by atoms with Crippen LogP contribution in [-0.2, 0) is 7.05 Å². The Hall–Kier alpha value is -1.56. The Kier molecular flexibility index (Phi) is 4.51. The summed E-state index contributed by atoms with van der Waals surface area (Å²) in [5.41, 5.74) is 6.19. The van der Waals surface area contributed by atoms with E-state index >= 15 is 0 Å². The summed E-state index contributed by atoms with van der Waals surface area (Å²) in [6.45, 7) is 4.45. The van der Waals surface area contributed by atoms with Gasteiger partial charge in [0.15, 0.2) is 0 Å². The van der Waals surface area contributed by atoms with Crippen molar-refractivity contribution in [2.24, 2.45) is 7.05 Å². The van der Waals surface area contributed by atoms with Crippen molar-refractivity contribution >= 4 is 11.7 Å². The van der Waals surface area contributed by atoms with Gasteiger partial charge in [-0.15, -0.1) is 0 Å². The van der Waals surface area contributed by atoms with Crippen LogP contribution in [0.3, 0.4) is 0 Å². The zero-order chi connectivity index (χ0) is 13.0. The maximum Gasteiger partial charge on any atom is 0.259 e. The van der Waals surface area contributed by atoms with E-state index in [1.165, 1.54) is 10.9 Å². The average molecular weight is 240 g/mol. The predicted octanol–water partition coefficient (Wildman–Crippen LogP) is 0.235. The fourth-order valence-corrected chi connectivity index (χ4v) is 1.60. The lowest BCUT2D eigenvalue weighted by Gasteiger charge is -2.26. The Balaban J connectivity index is 2.88. The number of amides is 1. The van der Waals surface area contributed by atoms with Crippen molar-refractivity contribution in [3.63, 3.8) is 0 Å². The Labute approximate surface area is 101 Å². The van der Waals surface area contributed by atoms with Crippen LogP contribution in [0.25, 0.3) is 0 Å². The number of nitrogens with zero attached hydrogens (tertiary/aromatic N) is 3. The van der Waals surface area contributed by atoms with Crippen molar-refractivity contribution in [2.45, 2.75) is 26.3 Å². The first kappa shape index (κ1) is 13.5. The van der Waals surface area contributed by atoms with Crippen molar-refractivity contribution < 1.29 is 9.90 Å². The highest BCUT2D eigenvalue weighted by Crippen LogP contribution is 2.14. The first-order chi connectivity index (χ1) is 7.99. The molecule has 0 atom stereocenters. The molecule has 0 unspecified atom stereocenters. The summed E-state index contributed by atoms with van der Waals surface area (Å²) >= 11 is 0. The first-order valence-electron chi connectivity index (χ1n) is 5.68. The number of nitrogen functional groups attached to an aromatic ring is 1. The van der Waals surface area contributed by atoms with Gasteiger partial charge in [0.05, 0.1) is 6.20 Å². The molecule has 6 heteroatoms. The number of aryl methyl sites for hydroxylation is 1. The number of nitrogens with two attached hydrogens (primary N) is 1. The molecule has 1 rings (SSSR count). The predicted molar refractivity (Wildman–Crippen MR) is 65.5 cm³/mol. The number of hydrogen-bond acceptors (Lipinski definition) is 4. The molecule has 0 fully saturated rings. The Morgan fingerprint density at radius 3 is 2.71 bits per heavy atom.